The fourth-order valence-electron chi connectivity index (χ4n) is 4.72. The van der Waals surface area contributed by atoms with E-state index < -0.39 is 5.82 Å². The highest BCUT2D eigenvalue weighted by molar-refractivity contribution is 6.30. The molecule has 158 valence electrons. The number of aromatic nitrogens is 3. The van der Waals surface area contributed by atoms with Crippen LogP contribution >= 0.6 is 11.6 Å². The quantitative estimate of drug-likeness (QED) is 0.653. The van der Waals surface area contributed by atoms with Crippen molar-refractivity contribution in [2.75, 3.05) is 11.9 Å². The van der Waals surface area contributed by atoms with Gasteiger partial charge in [-0.05, 0) is 61.6 Å². The summed E-state index contributed by atoms with van der Waals surface area (Å²) < 4.78 is 14.1. The second-order valence-electron chi connectivity index (χ2n) is 8.08. The number of halogens is 2. The Bertz CT molecular complexity index is 1090. The molecule has 31 heavy (non-hydrogen) atoms. The number of hydrogen-bond donors (Lipinski definition) is 1. The van der Waals surface area contributed by atoms with Gasteiger partial charge in [0.15, 0.2) is 5.82 Å². The number of rotatable bonds is 4. The Morgan fingerprint density at radius 2 is 1.97 bits per heavy atom. The van der Waals surface area contributed by atoms with Crippen LogP contribution in [-0.2, 0) is 0 Å². The van der Waals surface area contributed by atoms with Gasteiger partial charge < -0.3 is 10.2 Å². The number of carbonyl (C=O) groups is 1. The lowest BCUT2D eigenvalue weighted by atomic mass is 9.76. The lowest BCUT2D eigenvalue weighted by Gasteiger charge is -2.50. The van der Waals surface area contributed by atoms with Crippen molar-refractivity contribution in [3.05, 3.63) is 71.4 Å². The molecule has 3 aromatic rings. The van der Waals surface area contributed by atoms with E-state index in [2.05, 4.69) is 20.3 Å². The molecule has 3 unspecified atom stereocenters. The molecule has 0 spiro atoms. The molecule has 6 nitrogen and oxygen atoms in total. The van der Waals surface area contributed by atoms with Crippen molar-refractivity contribution in [3.63, 3.8) is 0 Å². The summed E-state index contributed by atoms with van der Waals surface area (Å²) in [5.41, 5.74) is 0.833. The summed E-state index contributed by atoms with van der Waals surface area (Å²) in [6.45, 7) is 0.668. The van der Waals surface area contributed by atoms with Gasteiger partial charge in [-0.15, -0.1) is 0 Å². The molecule has 1 aromatic carbocycles. The summed E-state index contributed by atoms with van der Waals surface area (Å²) in [6, 6.07) is 9.62. The van der Waals surface area contributed by atoms with E-state index in [0.29, 0.717) is 34.4 Å². The zero-order chi connectivity index (χ0) is 21.4. The molecule has 2 bridgehead atoms. The molecule has 1 saturated carbocycles. The van der Waals surface area contributed by atoms with Gasteiger partial charge >= 0.3 is 0 Å². The molecular weight excluding hydrogens is 417 g/mol. The number of fused-ring (bicyclic) bond motifs is 3. The SMILES string of the molecule is O=C(c1cc(F)ccc1-c1ncccn1)N1CC2CCC1C(Nc1ccc(Cl)cn1)C2. The van der Waals surface area contributed by atoms with Gasteiger partial charge in [0.25, 0.3) is 5.91 Å². The third-order valence-electron chi connectivity index (χ3n) is 6.12. The molecule has 1 N–H and O–H groups in total. The Hall–Kier alpha value is -3.06. The molecule has 1 aliphatic carbocycles. The number of amides is 1. The van der Waals surface area contributed by atoms with Crippen LogP contribution in [0.5, 0.6) is 0 Å². The number of carbonyl (C=O) groups excluding carboxylic acids is 1. The van der Waals surface area contributed by atoms with Crippen molar-refractivity contribution in [1.29, 1.82) is 0 Å². The van der Waals surface area contributed by atoms with E-state index in [9.17, 15) is 9.18 Å². The predicted octanol–water partition coefficient (Wildman–Crippen LogP) is 4.44. The van der Waals surface area contributed by atoms with Gasteiger partial charge in [0.1, 0.15) is 11.6 Å². The first-order valence-electron chi connectivity index (χ1n) is 10.3. The number of pyridine rings is 1. The Morgan fingerprint density at radius 3 is 2.71 bits per heavy atom. The minimum absolute atomic E-state index is 0.00258. The van der Waals surface area contributed by atoms with Crippen LogP contribution < -0.4 is 5.32 Å². The fourth-order valence-corrected chi connectivity index (χ4v) is 4.83. The minimum Gasteiger partial charge on any atom is -0.365 e. The lowest BCUT2D eigenvalue weighted by Crippen LogP contribution is -2.59. The van der Waals surface area contributed by atoms with Crippen LogP contribution in [0, 0.1) is 11.7 Å². The number of nitrogens with zero attached hydrogens (tertiary/aromatic N) is 4. The van der Waals surface area contributed by atoms with Crippen LogP contribution in [0.2, 0.25) is 5.02 Å². The molecule has 8 heteroatoms. The van der Waals surface area contributed by atoms with Gasteiger partial charge in [0.05, 0.1) is 16.6 Å². The smallest absolute Gasteiger partial charge is 0.255 e. The van der Waals surface area contributed by atoms with E-state index >= 15 is 0 Å². The van der Waals surface area contributed by atoms with Crippen LogP contribution in [0.4, 0.5) is 10.2 Å². The summed E-state index contributed by atoms with van der Waals surface area (Å²) in [7, 11) is 0. The van der Waals surface area contributed by atoms with E-state index in [-0.39, 0.29) is 18.0 Å². The summed E-state index contributed by atoms with van der Waals surface area (Å²) in [5.74, 6) is 0.896. The van der Waals surface area contributed by atoms with Gasteiger partial charge in [-0.25, -0.2) is 19.3 Å². The number of anilines is 1. The molecule has 1 amide bonds. The average molecular weight is 438 g/mol. The Labute approximate surface area is 184 Å². The van der Waals surface area contributed by atoms with E-state index in [1.807, 2.05) is 11.0 Å². The van der Waals surface area contributed by atoms with Crippen LogP contribution in [0.3, 0.4) is 0 Å². The van der Waals surface area contributed by atoms with Crippen LogP contribution in [-0.4, -0.2) is 44.4 Å². The number of hydrogen-bond acceptors (Lipinski definition) is 5. The maximum absolute atomic E-state index is 14.1. The largest absolute Gasteiger partial charge is 0.365 e. The Kier molecular flexibility index (Phi) is 5.28. The highest BCUT2D eigenvalue weighted by Gasteiger charge is 2.43. The summed E-state index contributed by atoms with van der Waals surface area (Å²) in [6.07, 6.45) is 7.78. The zero-order valence-electron chi connectivity index (χ0n) is 16.7. The second-order valence-corrected chi connectivity index (χ2v) is 8.52. The van der Waals surface area contributed by atoms with Crippen molar-refractivity contribution >= 4 is 23.3 Å². The summed E-state index contributed by atoms with van der Waals surface area (Å²) in [5, 5.41) is 4.05. The lowest BCUT2D eigenvalue weighted by molar-refractivity contribution is 0.0282. The number of piperidine rings is 2. The zero-order valence-corrected chi connectivity index (χ0v) is 17.5. The molecule has 4 heterocycles. The molecule has 3 fully saturated rings. The van der Waals surface area contributed by atoms with Crippen LogP contribution in [0.1, 0.15) is 29.6 Å². The minimum atomic E-state index is -0.453. The first-order chi connectivity index (χ1) is 15.1. The number of benzene rings is 1. The topological polar surface area (TPSA) is 71.0 Å². The molecule has 3 atom stereocenters. The predicted molar refractivity (Wildman–Crippen MR) is 116 cm³/mol. The van der Waals surface area contributed by atoms with Gasteiger partial charge in [0.2, 0.25) is 0 Å². The Balaban J connectivity index is 1.44. The highest BCUT2D eigenvalue weighted by atomic mass is 35.5. The maximum Gasteiger partial charge on any atom is 0.255 e. The van der Waals surface area contributed by atoms with E-state index in [1.165, 1.54) is 12.1 Å². The second kappa shape index (κ2) is 8.23. The first-order valence-corrected chi connectivity index (χ1v) is 10.7. The molecule has 6 rings (SSSR count). The molecule has 2 saturated heterocycles. The van der Waals surface area contributed by atoms with Gasteiger partial charge in [-0.3, -0.25) is 4.79 Å². The van der Waals surface area contributed by atoms with Crippen molar-refractivity contribution in [1.82, 2.24) is 19.9 Å². The highest BCUT2D eigenvalue weighted by Crippen LogP contribution is 2.38. The van der Waals surface area contributed by atoms with Crippen molar-refractivity contribution in [2.24, 2.45) is 5.92 Å². The normalized spacial score (nSPS) is 22.4. The van der Waals surface area contributed by atoms with E-state index in [1.54, 1.807) is 36.8 Å². The van der Waals surface area contributed by atoms with Crippen molar-refractivity contribution < 1.29 is 9.18 Å². The monoisotopic (exact) mass is 437 g/mol. The Morgan fingerprint density at radius 1 is 1.13 bits per heavy atom. The first kappa shape index (κ1) is 19.9. The van der Waals surface area contributed by atoms with Gasteiger partial charge in [-0.2, -0.15) is 0 Å². The number of nitrogens with one attached hydrogen (secondary N) is 1. The summed E-state index contributed by atoms with van der Waals surface area (Å²) >= 11 is 5.94. The molecule has 0 radical (unpaired) electrons. The standard InChI is InChI=1S/C23H21ClFN5O/c24-15-3-7-21(28-12-15)29-19-10-14-2-6-20(19)30(13-14)23(31)18-11-16(25)4-5-17(18)22-26-8-1-9-27-22/h1,3-5,7-9,11-12,14,19-20H,2,6,10,13H2,(H,28,29). The maximum atomic E-state index is 14.1. The fraction of sp³-hybridized carbons (Fsp3) is 0.304. The van der Waals surface area contributed by atoms with Crippen LogP contribution in [0.25, 0.3) is 11.4 Å². The van der Waals surface area contributed by atoms with Gasteiger partial charge in [-0.1, -0.05) is 11.6 Å². The molecule has 2 aromatic heterocycles. The third kappa shape index (κ3) is 3.97. The van der Waals surface area contributed by atoms with Crippen molar-refractivity contribution in [2.45, 2.75) is 31.3 Å². The van der Waals surface area contributed by atoms with E-state index in [4.69, 9.17) is 11.6 Å². The third-order valence-corrected chi connectivity index (χ3v) is 6.34. The van der Waals surface area contributed by atoms with Crippen molar-refractivity contribution in [3.8, 4) is 11.4 Å². The molecule has 2 aliphatic heterocycles. The van der Waals surface area contributed by atoms with E-state index in [0.717, 1.165) is 25.1 Å². The molecular formula is C23H21ClFN5O. The van der Waals surface area contributed by atoms with Gasteiger partial charge in [0, 0.05) is 36.7 Å². The summed E-state index contributed by atoms with van der Waals surface area (Å²) in [4.78, 5) is 28.4. The molecule has 3 aliphatic rings. The van der Waals surface area contributed by atoms with Crippen LogP contribution in [0.15, 0.2) is 55.0 Å². The average Bonchev–Trinajstić information content (AvgIpc) is 2.81.